The molecule has 2 atom stereocenters. The molecule has 1 N–H and O–H groups in total. The molecule has 0 radical (unpaired) electrons. The first-order chi connectivity index (χ1) is 8.58. The Hall–Kier alpha value is -0.120. The van der Waals surface area contributed by atoms with Crippen LogP contribution >= 0.6 is 0 Å². The molecule has 3 nitrogen and oxygen atoms in total. The van der Waals surface area contributed by atoms with E-state index in [9.17, 15) is 0 Å². The Balaban J connectivity index is 2.72. The molecule has 0 bridgehead atoms. The van der Waals surface area contributed by atoms with Gasteiger partial charge in [-0.05, 0) is 46.1 Å². The van der Waals surface area contributed by atoms with E-state index in [4.69, 9.17) is 4.74 Å². The van der Waals surface area contributed by atoms with E-state index in [1.165, 1.54) is 25.8 Å². The lowest BCUT2D eigenvalue weighted by molar-refractivity contribution is 0.0892. The highest BCUT2D eigenvalue weighted by molar-refractivity contribution is 4.94. The average molecular weight is 256 g/mol. The molecule has 1 aliphatic heterocycles. The van der Waals surface area contributed by atoms with Crippen LogP contribution in [0.4, 0.5) is 0 Å². The summed E-state index contributed by atoms with van der Waals surface area (Å²) in [5.41, 5.74) is 0.312. The van der Waals surface area contributed by atoms with Gasteiger partial charge < -0.3 is 10.1 Å². The van der Waals surface area contributed by atoms with Gasteiger partial charge in [0.1, 0.15) is 0 Å². The highest BCUT2D eigenvalue weighted by atomic mass is 16.5. The zero-order valence-electron chi connectivity index (χ0n) is 13.0. The number of ether oxygens (including phenoxy) is 1. The van der Waals surface area contributed by atoms with Crippen molar-refractivity contribution in [2.75, 3.05) is 26.8 Å². The van der Waals surface area contributed by atoms with Gasteiger partial charge in [0.25, 0.3) is 0 Å². The number of rotatable bonds is 6. The van der Waals surface area contributed by atoms with Crippen LogP contribution < -0.4 is 5.32 Å². The molecule has 3 heteroatoms. The Morgan fingerprint density at radius 3 is 2.61 bits per heavy atom. The smallest absolute Gasteiger partial charge is 0.0477 e. The van der Waals surface area contributed by atoms with Crippen molar-refractivity contribution in [2.45, 2.75) is 71.0 Å². The predicted octanol–water partition coefficient (Wildman–Crippen LogP) is 2.65. The third-order valence-corrected chi connectivity index (χ3v) is 4.77. The monoisotopic (exact) mass is 256 g/mol. The third-order valence-electron chi connectivity index (χ3n) is 4.77. The SMILES string of the molecule is CCC1(CC)CN(C(C)CCOC)C(C)CCN1. The minimum absolute atomic E-state index is 0.312. The largest absolute Gasteiger partial charge is 0.385 e. The second kappa shape index (κ2) is 7.46. The van der Waals surface area contributed by atoms with Crippen LogP contribution in [0.15, 0.2) is 0 Å². The van der Waals surface area contributed by atoms with Crippen molar-refractivity contribution in [1.29, 1.82) is 0 Å². The van der Waals surface area contributed by atoms with Crippen molar-refractivity contribution in [3.8, 4) is 0 Å². The van der Waals surface area contributed by atoms with Gasteiger partial charge in [-0.1, -0.05) is 13.8 Å². The Morgan fingerprint density at radius 1 is 1.39 bits per heavy atom. The third kappa shape index (κ3) is 3.94. The Kier molecular flexibility index (Phi) is 6.61. The van der Waals surface area contributed by atoms with Gasteiger partial charge in [-0.25, -0.2) is 0 Å². The summed E-state index contributed by atoms with van der Waals surface area (Å²) in [4.78, 5) is 2.69. The molecule has 2 unspecified atom stereocenters. The summed E-state index contributed by atoms with van der Waals surface area (Å²) in [6, 6.07) is 1.28. The maximum atomic E-state index is 5.23. The quantitative estimate of drug-likeness (QED) is 0.791. The van der Waals surface area contributed by atoms with Crippen LogP contribution in [0, 0.1) is 0 Å². The average Bonchev–Trinajstić information content (AvgIpc) is 2.56. The minimum atomic E-state index is 0.312. The number of nitrogens with zero attached hydrogens (tertiary/aromatic N) is 1. The fraction of sp³-hybridized carbons (Fsp3) is 1.00. The molecule has 1 rings (SSSR count). The van der Waals surface area contributed by atoms with Crippen LogP contribution in [0.3, 0.4) is 0 Å². The normalized spacial score (nSPS) is 26.8. The Morgan fingerprint density at radius 2 is 2.06 bits per heavy atom. The fourth-order valence-corrected chi connectivity index (χ4v) is 3.04. The molecule has 0 saturated carbocycles. The molecule has 0 aromatic carbocycles. The summed E-state index contributed by atoms with van der Waals surface area (Å²) in [6.07, 6.45) is 4.80. The van der Waals surface area contributed by atoms with Gasteiger partial charge in [0.2, 0.25) is 0 Å². The molecule has 0 amide bonds. The molecule has 108 valence electrons. The molecule has 1 aliphatic rings. The lowest BCUT2D eigenvalue weighted by Crippen LogP contribution is -2.53. The van der Waals surface area contributed by atoms with Crippen LogP contribution in [0.2, 0.25) is 0 Å². The summed E-state index contributed by atoms with van der Waals surface area (Å²) < 4.78 is 5.23. The van der Waals surface area contributed by atoms with E-state index in [1.807, 2.05) is 0 Å². The lowest BCUT2D eigenvalue weighted by atomic mass is 9.91. The van der Waals surface area contributed by atoms with Gasteiger partial charge in [-0.15, -0.1) is 0 Å². The molecule has 18 heavy (non-hydrogen) atoms. The molecule has 0 aromatic rings. The molecular formula is C15H32N2O. The highest BCUT2D eigenvalue weighted by Crippen LogP contribution is 2.24. The zero-order chi connectivity index (χ0) is 13.6. The molecule has 1 heterocycles. The summed E-state index contributed by atoms with van der Waals surface area (Å²) in [7, 11) is 1.79. The summed E-state index contributed by atoms with van der Waals surface area (Å²) in [6.45, 7) is 12.5. The topological polar surface area (TPSA) is 24.5 Å². The second-order valence-corrected chi connectivity index (χ2v) is 5.85. The van der Waals surface area contributed by atoms with Gasteiger partial charge in [-0.2, -0.15) is 0 Å². The summed E-state index contributed by atoms with van der Waals surface area (Å²) >= 11 is 0. The summed E-state index contributed by atoms with van der Waals surface area (Å²) in [5, 5.41) is 3.79. The maximum absolute atomic E-state index is 5.23. The molecule has 0 spiro atoms. The van der Waals surface area contributed by atoms with E-state index in [-0.39, 0.29) is 0 Å². The first-order valence-corrected chi connectivity index (χ1v) is 7.58. The van der Waals surface area contributed by atoms with Crippen molar-refractivity contribution in [3.05, 3.63) is 0 Å². The summed E-state index contributed by atoms with van der Waals surface area (Å²) in [5.74, 6) is 0. The molecule has 0 aliphatic carbocycles. The van der Waals surface area contributed by atoms with Gasteiger partial charge in [0.05, 0.1) is 0 Å². The van der Waals surface area contributed by atoms with E-state index >= 15 is 0 Å². The first-order valence-electron chi connectivity index (χ1n) is 7.58. The molecule has 1 saturated heterocycles. The highest BCUT2D eigenvalue weighted by Gasteiger charge is 2.34. The van der Waals surface area contributed by atoms with E-state index in [0.717, 1.165) is 19.6 Å². The molecular weight excluding hydrogens is 224 g/mol. The van der Waals surface area contributed by atoms with Gasteiger partial charge >= 0.3 is 0 Å². The lowest BCUT2D eigenvalue weighted by Gasteiger charge is -2.40. The van der Waals surface area contributed by atoms with Gasteiger partial charge in [-0.3, -0.25) is 4.90 Å². The van der Waals surface area contributed by atoms with E-state index in [0.29, 0.717) is 17.6 Å². The Bertz CT molecular complexity index is 229. The molecule has 1 fully saturated rings. The second-order valence-electron chi connectivity index (χ2n) is 5.85. The number of hydrogen-bond donors (Lipinski definition) is 1. The van der Waals surface area contributed by atoms with Crippen LogP contribution in [-0.4, -0.2) is 49.3 Å². The Labute approximate surface area is 113 Å². The molecule has 0 aromatic heterocycles. The van der Waals surface area contributed by atoms with Crippen LogP contribution in [-0.2, 0) is 4.74 Å². The first kappa shape index (κ1) is 15.9. The number of nitrogens with one attached hydrogen (secondary N) is 1. The van der Waals surface area contributed by atoms with Crippen LogP contribution in [0.1, 0.15) is 53.4 Å². The van der Waals surface area contributed by atoms with E-state index in [1.54, 1.807) is 7.11 Å². The van der Waals surface area contributed by atoms with E-state index in [2.05, 4.69) is 37.9 Å². The van der Waals surface area contributed by atoms with Crippen molar-refractivity contribution in [2.24, 2.45) is 0 Å². The van der Waals surface area contributed by atoms with Crippen LogP contribution in [0.5, 0.6) is 0 Å². The van der Waals surface area contributed by atoms with Crippen molar-refractivity contribution in [3.63, 3.8) is 0 Å². The number of hydrogen-bond acceptors (Lipinski definition) is 3. The fourth-order valence-electron chi connectivity index (χ4n) is 3.04. The predicted molar refractivity (Wildman–Crippen MR) is 78.1 cm³/mol. The number of methoxy groups -OCH3 is 1. The minimum Gasteiger partial charge on any atom is -0.385 e. The van der Waals surface area contributed by atoms with Crippen LogP contribution in [0.25, 0.3) is 0 Å². The standard InChI is InChI=1S/C15H32N2O/c1-6-15(7-2)12-17(13(3)8-10-16-15)14(4)9-11-18-5/h13-14,16H,6-12H2,1-5H3. The van der Waals surface area contributed by atoms with E-state index < -0.39 is 0 Å². The van der Waals surface area contributed by atoms with Crippen molar-refractivity contribution >= 4 is 0 Å². The van der Waals surface area contributed by atoms with Crippen molar-refractivity contribution in [1.82, 2.24) is 10.2 Å². The maximum Gasteiger partial charge on any atom is 0.0477 e. The zero-order valence-corrected chi connectivity index (χ0v) is 13.0. The van der Waals surface area contributed by atoms with Crippen molar-refractivity contribution < 1.29 is 4.74 Å². The van der Waals surface area contributed by atoms with Gasteiger partial charge in [0, 0.05) is 37.9 Å². The van der Waals surface area contributed by atoms with Gasteiger partial charge in [0.15, 0.2) is 0 Å².